The Morgan fingerprint density at radius 3 is 2.84 bits per heavy atom. The summed E-state index contributed by atoms with van der Waals surface area (Å²) in [7, 11) is 0. The number of nitrogens with zero attached hydrogens (tertiary/aromatic N) is 1. The fourth-order valence-electron chi connectivity index (χ4n) is 4.43. The van der Waals surface area contributed by atoms with Crippen LogP contribution in [0.1, 0.15) is 44.7 Å². The first-order valence-corrected chi connectivity index (χ1v) is 10.6. The van der Waals surface area contributed by atoms with E-state index in [1.54, 1.807) is 11.3 Å². The molecule has 1 saturated heterocycles. The lowest BCUT2D eigenvalue weighted by Gasteiger charge is -2.35. The molecule has 6 heteroatoms. The number of rotatable bonds is 8. The third kappa shape index (κ3) is 5.41. The van der Waals surface area contributed by atoms with E-state index < -0.39 is 0 Å². The molecule has 0 aromatic carbocycles. The van der Waals surface area contributed by atoms with E-state index in [1.807, 2.05) is 0 Å². The van der Waals surface area contributed by atoms with Crippen LogP contribution in [-0.2, 0) is 4.74 Å². The van der Waals surface area contributed by atoms with Crippen LogP contribution in [0.4, 0.5) is 0 Å². The highest BCUT2D eigenvalue weighted by atomic mass is 35.5. The Hall–Kier alpha value is -0.170. The number of hydrogen-bond donors (Lipinski definition) is 2. The van der Waals surface area contributed by atoms with Gasteiger partial charge in [-0.05, 0) is 54.2 Å². The highest BCUT2D eigenvalue weighted by Crippen LogP contribution is 2.30. The van der Waals surface area contributed by atoms with Gasteiger partial charge in [-0.15, -0.1) is 12.4 Å². The number of thiophene rings is 1. The van der Waals surface area contributed by atoms with Crippen molar-refractivity contribution in [2.24, 2.45) is 5.92 Å². The lowest BCUT2D eigenvalue weighted by atomic mass is 9.93. The van der Waals surface area contributed by atoms with E-state index in [0.717, 1.165) is 39.4 Å². The van der Waals surface area contributed by atoms with Crippen molar-refractivity contribution in [2.75, 3.05) is 39.4 Å². The lowest BCUT2D eigenvalue weighted by molar-refractivity contribution is 0.0518. The van der Waals surface area contributed by atoms with Crippen LogP contribution < -0.4 is 10.6 Å². The van der Waals surface area contributed by atoms with Gasteiger partial charge in [-0.3, -0.25) is 4.90 Å². The molecule has 1 saturated carbocycles. The largest absolute Gasteiger partial charge is 0.379 e. The monoisotopic (exact) mass is 387 g/mol. The summed E-state index contributed by atoms with van der Waals surface area (Å²) in [6.07, 6.45) is 3.97. The molecule has 2 N–H and O–H groups in total. The summed E-state index contributed by atoms with van der Waals surface area (Å²) in [4.78, 5) is 2.57. The number of morpholine rings is 1. The average molecular weight is 388 g/mol. The number of hydrogen-bond acceptors (Lipinski definition) is 5. The predicted octanol–water partition coefficient (Wildman–Crippen LogP) is 3.30. The third-order valence-corrected chi connectivity index (χ3v) is 6.49. The van der Waals surface area contributed by atoms with E-state index in [1.165, 1.54) is 24.8 Å². The Labute approximate surface area is 163 Å². The molecule has 2 heterocycles. The number of nitrogens with one attached hydrogen (secondary N) is 2. The number of ether oxygens (including phenoxy) is 1. The molecule has 1 aliphatic heterocycles. The van der Waals surface area contributed by atoms with Gasteiger partial charge in [0, 0.05) is 31.2 Å². The minimum Gasteiger partial charge on any atom is -0.379 e. The zero-order chi connectivity index (χ0) is 16.8. The first-order chi connectivity index (χ1) is 11.8. The van der Waals surface area contributed by atoms with Gasteiger partial charge in [0.1, 0.15) is 0 Å². The second-order valence-electron chi connectivity index (χ2n) is 7.04. The van der Waals surface area contributed by atoms with Crippen LogP contribution in [0.3, 0.4) is 0 Å². The van der Waals surface area contributed by atoms with Crippen molar-refractivity contribution in [2.45, 2.75) is 51.2 Å². The van der Waals surface area contributed by atoms with Gasteiger partial charge >= 0.3 is 0 Å². The van der Waals surface area contributed by atoms with Gasteiger partial charge in [0.2, 0.25) is 0 Å². The quantitative estimate of drug-likeness (QED) is 0.717. The van der Waals surface area contributed by atoms with E-state index in [9.17, 15) is 0 Å². The second kappa shape index (κ2) is 10.9. The highest BCUT2D eigenvalue weighted by molar-refractivity contribution is 7.07. The standard InChI is InChI=1S/C19H33N3OS.ClH/c1-3-22(4-2)19(15-8-11-24-14-15)12-21-17-7-5-6-16(17)18-13-23-10-9-20-18;/h8,11,14,16-21H,3-7,9-10,12-13H2,1-2H3;1H. The predicted molar refractivity (Wildman–Crippen MR) is 109 cm³/mol. The first kappa shape index (κ1) is 21.1. The summed E-state index contributed by atoms with van der Waals surface area (Å²) in [6.45, 7) is 10.5. The summed E-state index contributed by atoms with van der Waals surface area (Å²) in [5.74, 6) is 0.713. The fraction of sp³-hybridized carbons (Fsp3) is 0.789. The van der Waals surface area contributed by atoms with E-state index >= 15 is 0 Å². The van der Waals surface area contributed by atoms with Crippen LogP contribution in [-0.4, -0.2) is 56.4 Å². The van der Waals surface area contributed by atoms with Crippen molar-refractivity contribution in [1.29, 1.82) is 0 Å². The third-order valence-electron chi connectivity index (χ3n) is 5.79. The Balaban J connectivity index is 0.00000225. The molecule has 4 atom stereocenters. The van der Waals surface area contributed by atoms with Gasteiger partial charge in [-0.25, -0.2) is 0 Å². The van der Waals surface area contributed by atoms with Crippen molar-refractivity contribution >= 4 is 23.7 Å². The molecule has 2 fully saturated rings. The molecule has 0 amide bonds. The van der Waals surface area contributed by atoms with E-state index in [2.05, 4.69) is 46.2 Å². The topological polar surface area (TPSA) is 36.5 Å². The van der Waals surface area contributed by atoms with Crippen LogP contribution in [0, 0.1) is 5.92 Å². The van der Waals surface area contributed by atoms with Crippen molar-refractivity contribution in [3.63, 3.8) is 0 Å². The molecule has 0 spiro atoms. The normalized spacial score (nSPS) is 28.0. The van der Waals surface area contributed by atoms with Crippen molar-refractivity contribution in [3.8, 4) is 0 Å². The van der Waals surface area contributed by atoms with Crippen LogP contribution >= 0.6 is 23.7 Å². The zero-order valence-electron chi connectivity index (χ0n) is 15.6. The first-order valence-electron chi connectivity index (χ1n) is 9.64. The number of likely N-dealkylation sites (N-methyl/N-ethyl adjacent to an activating group) is 1. The molecule has 3 rings (SSSR count). The number of halogens is 1. The minimum absolute atomic E-state index is 0. The molecule has 144 valence electrons. The molecule has 1 aliphatic carbocycles. The Morgan fingerprint density at radius 1 is 1.36 bits per heavy atom. The molecule has 4 nitrogen and oxygen atoms in total. The van der Waals surface area contributed by atoms with Gasteiger partial charge < -0.3 is 15.4 Å². The molecule has 0 radical (unpaired) electrons. The summed E-state index contributed by atoms with van der Waals surface area (Å²) >= 11 is 1.81. The maximum atomic E-state index is 5.70. The maximum absolute atomic E-state index is 5.70. The molecule has 1 aromatic rings. The van der Waals surface area contributed by atoms with Crippen LogP contribution in [0.2, 0.25) is 0 Å². The maximum Gasteiger partial charge on any atom is 0.0623 e. The summed E-state index contributed by atoms with van der Waals surface area (Å²) in [6, 6.07) is 3.94. The van der Waals surface area contributed by atoms with E-state index in [0.29, 0.717) is 24.0 Å². The molecular weight excluding hydrogens is 354 g/mol. The summed E-state index contributed by atoms with van der Waals surface area (Å²) in [5, 5.41) is 12.1. The molecule has 4 unspecified atom stereocenters. The Bertz CT molecular complexity index is 463. The molecule has 0 bridgehead atoms. The Morgan fingerprint density at radius 2 is 2.20 bits per heavy atom. The van der Waals surface area contributed by atoms with Gasteiger partial charge in [0.05, 0.1) is 13.2 Å². The van der Waals surface area contributed by atoms with Crippen molar-refractivity contribution in [3.05, 3.63) is 22.4 Å². The van der Waals surface area contributed by atoms with Gasteiger partial charge in [-0.1, -0.05) is 20.3 Å². The minimum atomic E-state index is 0. The highest BCUT2D eigenvalue weighted by Gasteiger charge is 2.35. The lowest BCUT2D eigenvalue weighted by Crippen LogP contribution is -2.51. The average Bonchev–Trinajstić information content (AvgIpc) is 3.31. The molecule has 2 aliphatic rings. The Kier molecular flexibility index (Phi) is 9.17. The van der Waals surface area contributed by atoms with Crippen molar-refractivity contribution < 1.29 is 4.74 Å². The SMILES string of the molecule is CCN(CC)C(CNC1CCCC1C1COCCN1)c1ccsc1.Cl. The van der Waals surface area contributed by atoms with E-state index in [4.69, 9.17) is 4.74 Å². The zero-order valence-corrected chi connectivity index (χ0v) is 17.2. The fourth-order valence-corrected chi connectivity index (χ4v) is 5.14. The summed E-state index contributed by atoms with van der Waals surface area (Å²) in [5.41, 5.74) is 1.46. The van der Waals surface area contributed by atoms with Gasteiger partial charge in [-0.2, -0.15) is 11.3 Å². The molecule has 1 aromatic heterocycles. The molecule has 25 heavy (non-hydrogen) atoms. The summed E-state index contributed by atoms with van der Waals surface area (Å²) < 4.78 is 5.70. The van der Waals surface area contributed by atoms with E-state index in [-0.39, 0.29) is 12.4 Å². The van der Waals surface area contributed by atoms with Crippen molar-refractivity contribution in [1.82, 2.24) is 15.5 Å². The molecular formula is C19H34ClN3OS. The second-order valence-corrected chi connectivity index (χ2v) is 7.82. The van der Waals surface area contributed by atoms with Crippen LogP contribution in [0.25, 0.3) is 0 Å². The van der Waals surface area contributed by atoms with Crippen LogP contribution in [0.15, 0.2) is 16.8 Å². The smallest absolute Gasteiger partial charge is 0.0623 e. The van der Waals surface area contributed by atoms with Gasteiger partial charge in [0.25, 0.3) is 0 Å². The van der Waals surface area contributed by atoms with Gasteiger partial charge in [0.15, 0.2) is 0 Å². The van der Waals surface area contributed by atoms with Crippen LogP contribution in [0.5, 0.6) is 0 Å².